The topological polar surface area (TPSA) is 87.7 Å². The maximum absolute atomic E-state index is 13.4. The summed E-state index contributed by atoms with van der Waals surface area (Å²) in [5, 5.41) is 13.8. The Morgan fingerprint density at radius 1 is 1.61 bits per heavy atom. The van der Waals surface area contributed by atoms with E-state index in [1.807, 2.05) is 0 Å². The number of nitrogens with zero attached hydrogens (tertiary/aromatic N) is 1. The van der Waals surface area contributed by atoms with Gasteiger partial charge in [0.05, 0.1) is 5.56 Å². The van der Waals surface area contributed by atoms with Crippen molar-refractivity contribution in [3.05, 3.63) is 35.1 Å². The first-order chi connectivity index (χ1) is 8.45. The molecular weight excluding hydrogens is 237 g/mol. The molecule has 0 aliphatic rings. The second-order valence-electron chi connectivity index (χ2n) is 4.12. The minimum atomic E-state index is -0.574. The monoisotopic (exact) mass is 253 g/mol. The number of rotatable bonds is 4. The Bertz CT molecular complexity index is 474. The van der Waals surface area contributed by atoms with E-state index in [9.17, 15) is 9.18 Å². The summed E-state index contributed by atoms with van der Waals surface area (Å²) in [7, 11) is 0. The van der Waals surface area contributed by atoms with Gasteiger partial charge >= 0.3 is 0 Å². The minimum Gasteiger partial charge on any atom is -0.409 e. The second kappa shape index (κ2) is 6.00. The van der Waals surface area contributed by atoms with Crippen LogP contribution in [0.4, 0.5) is 4.39 Å². The van der Waals surface area contributed by atoms with Gasteiger partial charge in [-0.2, -0.15) is 0 Å². The molecule has 18 heavy (non-hydrogen) atoms. The van der Waals surface area contributed by atoms with Gasteiger partial charge in [0.15, 0.2) is 0 Å². The fraction of sp³-hybridized carbons (Fsp3) is 0.333. The molecule has 1 rings (SSSR count). The fourth-order valence-corrected chi connectivity index (χ4v) is 1.36. The third-order valence-corrected chi connectivity index (χ3v) is 2.56. The summed E-state index contributed by atoms with van der Waals surface area (Å²) in [6.45, 7) is 3.62. The van der Waals surface area contributed by atoms with Crippen LogP contribution < -0.4 is 11.1 Å². The molecule has 1 unspecified atom stereocenters. The molecule has 0 aliphatic carbocycles. The van der Waals surface area contributed by atoms with E-state index < -0.39 is 11.7 Å². The fourth-order valence-electron chi connectivity index (χ4n) is 1.36. The first-order valence-corrected chi connectivity index (χ1v) is 5.47. The summed E-state index contributed by atoms with van der Waals surface area (Å²) in [4.78, 5) is 11.7. The van der Waals surface area contributed by atoms with Gasteiger partial charge in [0.1, 0.15) is 11.7 Å². The normalized spacial score (nSPS) is 13.2. The van der Waals surface area contributed by atoms with Crippen LogP contribution in [0.3, 0.4) is 0 Å². The Kier molecular flexibility index (Phi) is 4.65. The number of amidine groups is 1. The van der Waals surface area contributed by atoms with Crippen molar-refractivity contribution in [2.75, 3.05) is 6.54 Å². The van der Waals surface area contributed by atoms with Crippen LogP contribution >= 0.6 is 0 Å². The SMILES string of the molecule is Cc1ccc(F)c(C(=O)NCC(C)C(N)=NO)c1. The predicted octanol–water partition coefficient (Wildman–Crippen LogP) is 1.25. The molecule has 6 heteroatoms. The number of halogens is 1. The number of nitrogens with two attached hydrogens (primary N) is 1. The van der Waals surface area contributed by atoms with Gasteiger partial charge in [0, 0.05) is 12.5 Å². The highest BCUT2D eigenvalue weighted by Crippen LogP contribution is 2.09. The van der Waals surface area contributed by atoms with E-state index in [0.29, 0.717) is 0 Å². The Morgan fingerprint density at radius 2 is 2.28 bits per heavy atom. The summed E-state index contributed by atoms with van der Waals surface area (Å²) in [6, 6.07) is 4.31. The lowest BCUT2D eigenvalue weighted by Gasteiger charge is -2.11. The average Bonchev–Trinajstić information content (AvgIpc) is 2.37. The van der Waals surface area contributed by atoms with Crippen LogP contribution in [-0.4, -0.2) is 23.5 Å². The van der Waals surface area contributed by atoms with Crippen molar-refractivity contribution in [3.8, 4) is 0 Å². The summed E-state index contributed by atoms with van der Waals surface area (Å²) >= 11 is 0. The Hall–Kier alpha value is -2.11. The van der Waals surface area contributed by atoms with Gasteiger partial charge in [-0.05, 0) is 19.1 Å². The number of benzene rings is 1. The van der Waals surface area contributed by atoms with E-state index in [2.05, 4.69) is 10.5 Å². The van der Waals surface area contributed by atoms with Gasteiger partial charge < -0.3 is 16.3 Å². The van der Waals surface area contributed by atoms with Crippen molar-refractivity contribution in [3.63, 3.8) is 0 Å². The van der Waals surface area contributed by atoms with Crippen LogP contribution in [0, 0.1) is 18.7 Å². The van der Waals surface area contributed by atoms with Crippen molar-refractivity contribution in [1.29, 1.82) is 0 Å². The minimum absolute atomic E-state index is 0.0123. The lowest BCUT2D eigenvalue weighted by Crippen LogP contribution is -2.35. The molecular formula is C12H16FN3O2. The molecule has 0 spiro atoms. The van der Waals surface area contributed by atoms with E-state index in [-0.39, 0.29) is 23.9 Å². The maximum atomic E-state index is 13.4. The zero-order valence-corrected chi connectivity index (χ0v) is 10.3. The molecule has 0 saturated heterocycles. The number of carbonyl (C=O) groups is 1. The van der Waals surface area contributed by atoms with E-state index in [4.69, 9.17) is 10.9 Å². The standard InChI is InChI=1S/C12H16FN3O2/c1-7-3-4-10(13)9(5-7)12(17)15-6-8(2)11(14)16-18/h3-5,8,18H,6H2,1-2H3,(H2,14,16)(H,15,17). The number of carbonyl (C=O) groups excluding carboxylic acids is 1. The molecule has 98 valence electrons. The summed E-state index contributed by atoms with van der Waals surface area (Å²) in [5.74, 6) is -1.41. The summed E-state index contributed by atoms with van der Waals surface area (Å²) in [6.07, 6.45) is 0. The summed E-state index contributed by atoms with van der Waals surface area (Å²) < 4.78 is 13.4. The number of oxime groups is 1. The van der Waals surface area contributed by atoms with Crippen LogP contribution in [-0.2, 0) is 0 Å². The largest absolute Gasteiger partial charge is 0.409 e. The van der Waals surface area contributed by atoms with Crippen LogP contribution in [0.1, 0.15) is 22.8 Å². The lowest BCUT2D eigenvalue weighted by atomic mass is 10.1. The first-order valence-electron chi connectivity index (χ1n) is 5.47. The van der Waals surface area contributed by atoms with Crippen molar-refractivity contribution in [1.82, 2.24) is 5.32 Å². The van der Waals surface area contributed by atoms with Crippen molar-refractivity contribution < 1.29 is 14.4 Å². The van der Waals surface area contributed by atoms with Crippen molar-refractivity contribution in [2.45, 2.75) is 13.8 Å². The predicted molar refractivity (Wildman–Crippen MR) is 66.0 cm³/mol. The third kappa shape index (κ3) is 3.44. The van der Waals surface area contributed by atoms with E-state index in [0.717, 1.165) is 5.56 Å². The maximum Gasteiger partial charge on any atom is 0.254 e. The highest BCUT2D eigenvalue weighted by Gasteiger charge is 2.14. The third-order valence-electron chi connectivity index (χ3n) is 2.56. The van der Waals surface area contributed by atoms with Crippen LogP contribution in [0.15, 0.2) is 23.4 Å². The lowest BCUT2D eigenvalue weighted by molar-refractivity contribution is 0.0947. The van der Waals surface area contributed by atoms with Crippen LogP contribution in [0.2, 0.25) is 0 Å². The second-order valence-corrected chi connectivity index (χ2v) is 4.12. The molecule has 0 aliphatic heterocycles. The first kappa shape index (κ1) is 14.0. The molecule has 1 atom stereocenters. The van der Waals surface area contributed by atoms with Crippen LogP contribution in [0.25, 0.3) is 0 Å². The van der Waals surface area contributed by atoms with E-state index in [1.165, 1.54) is 12.1 Å². The van der Waals surface area contributed by atoms with Crippen molar-refractivity contribution in [2.24, 2.45) is 16.8 Å². The molecule has 4 N–H and O–H groups in total. The Balaban J connectivity index is 2.69. The molecule has 0 bridgehead atoms. The average molecular weight is 253 g/mol. The zero-order valence-electron chi connectivity index (χ0n) is 10.3. The quantitative estimate of drug-likeness (QED) is 0.326. The number of hydrogen-bond acceptors (Lipinski definition) is 3. The molecule has 1 aromatic rings. The molecule has 1 aromatic carbocycles. The number of nitrogens with one attached hydrogen (secondary N) is 1. The van der Waals surface area contributed by atoms with E-state index in [1.54, 1.807) is 19.9 Å². The van der Waals surface area contributed by atoms with E-state index >= 15 is 0 Å². The number of aryl methyl sites for hydroxylation is 1. The molecule has 5 nitrogen and oxygen atoms in total. The van der Waals surface area contributed by atoms with Gasteiger partial charge in [0.2, 0.25) is 0 Å². The Morgan fingerprint density at radius 3 is 2.89 bits per heavy atom. The van der Waals surface area contributed by atoms with Gasteiger partial charge in [-0.1, -0.05) is 23.7 Å². The Labute approximate surface area is 104 Å². The molecule has 0 aromatic heterocycles. The summed E-state index contributed by atoms with van der Waals surface area (Å²) in [5.41, 5.74) is 6.15. The van der Waals surface area contributed by atoms with Crippen LogP contribution in [0.5, 0.6) is 0 Å². The van der Waals surface area contributed by atoms with Gasteiger partial charge in [-0.15, -0.1) is 0 Å². The molecule has 0 heterocycles. The van der Waals surface area contributed by atoms with Gasteiger partial charge in [0.25, 0.3) is 5.91 Å². The number of amides is 1. The molecule has 0 saturated carbocycles. The smallest absolute Gasteiger partial charge is 0.254 e. The van der Waals surface area contributed by atoms with Crippen molar-refractivity contribution >= 4 is 11.7 Å². The molecule has 0 radical (unpaired) electrons. The molecule has 1 amide bonds. The van der Waals surface area contributed by atoms with Gasteiger partial charge in [-0.25, -0.2) is 4.39 Å². The molecule has 0 fully saturated rings. The zero-order chi connectivity index (χ0) is 13.7. The highest BCUT2D eigenvalue weighted by molar-refractivity contribution is 5.95. The van der Waals surface area contributed by atoms with Gasteiger partial charge in [-0.3, -0.25) is 4.79 Å². The highest BCUT2D eigenvalue weighted by atomic mass is 19.1. The number of hydrogen-bond donors (Lipinski definition) is 3.